The van der Waals surface area contributed by atoms with Crippen molar-refractivity contribution in [3.05, 3.63) is 46.7 Å². The Morgan fingerprint density at radius 2 is 2.08 bits per heavy atom. The van der Waals surface area contributed by atoms with Gasteiger partial charge in [0.2, 0.25) is 0 Å². The van der Waals surface area contributed by atoms with Crippen molar-refractivity contribution in [1.29, 1.82) is 0 Å². The molecular formula is C19H26ClN5O. The molecule has 1 amide bonds. The van der Waals surface area contributed by atoms with Gasteiger partial charge in [0.1, 0.15) is 0 Å². The zero-order valence-electron chi connectivity index (χ0n) is 15.4. The smallest absolute Gasteiger partial charge is 0.276 e. The van der Waals surface area contributed by atoms with Crippen LogP contribution in [0.25, 0.3) is 0 Å². The number of piperidine rings is 1. The number of amides is 1. The Morgan fingerprint density at radius 1 is 1.31 bits per heavy atom. The third kappa shape index (κ3) is 4.24. The quantitative estimate of drug-likeness (QED) is 0.777. The molecule has 2 aromatic rings. The van der Waals surface area contributed by atoms with Gasteiger partial charge in [-0.15, -0.1) is 5.10 Å². The summed E-state index contributed by atoms with van der Waals surface area (Å²) in [6, 6.07) is 8.21. The molecule has 0 aliphatic carbocycles. The topological polar surface area (TPSA) is 54.3 Å². The number of hydrogen-bond donors (Lipinski definition) is 0. The second kappa shape index (κ2) is 8.64. The van der Waals surface area contributed by atoms with Crippen LogP contribution in [0.1, 0.15) is 48.8 Å². The van der Waals surface area contributed by atoms with E-state index in [0.29, 0.717) is 18.8 Å². The molecule has 0 unspecified atom stereocenters. The number of nitrogens with zero attached hydrogens (tertiary/aromatic N) is 5. The summed E-state index contributed by atoms with van der Waals surface area (Å²) in [5.41, 5.74) is 1.57. The zero-order chi connectivity index (χ0) is 18.5. The van der Waals surface area contributed by atoms with Crippen molar-refractivity contribution in [2.45, 2.75) is 39.3 Å². The number of hydrogen-bond acceptors (Lipinski definition) is 4. The lowest BCUT2D eigenvalue weighted by Crippen LogP contribution is -2.36. The fourth-order valence-electron chi connectivity index (χ4n) is 3.48. The van der Waals surface area contributed by atoms with E-state index in [-0.39, 0.29) is 11.9 Å². The molecular weight excluding hydrogens is 350 g/mol. The SMILES string of the molecule is CCN(CC)C(=O)c1cn([C@@H]2CCCN(Cc3ccccc3Cl)C2)nn1. The van der Waals surface area contributed by atoms with E-state index in [1.54, 1.807) is 11.1 Å². The van der Waals surface area contributed by atoms with Gasteiger partial charge in [-0.1, -0.05) is 35.0 Å². The maximum Gasteiger partial charge on any atom is 0.276 e. The Balaban J connectivity index is 1.66. The molecule has 0 spiro atoms. The van der Waals surface area contributed by atoms with Gasteiger partial charge < -0.3 is 4.90 Å². The van der Waals surface area contributed by atoms with Crippen LogP contribution in [-0.4, -0.2) is 56.9 Å². The minimum atomic E-state index is -0.0509. The Morgan fingerprint density at radius 3 is 2.81 bits per heavy atom. The summed E-state index contributed by atoms with van der Waals surface area (Å²) >= 11 is 6.30. The highest BCUT2D eigenvalue weighted by molar-refractivity contribution is 6.31. The summed E-state index contributed by atoms with van der Waals surface area (Å²) in [5.74, 6) is -0.0509. The van der Waals surface area contributed by atoms with Crippen LogP contribution in [-0.2, 0) is 6.54 Å². The van der Waals surface area contributed by atoms with Crippen molar-refractivity contribution in [1.82, 2.24) is 24.8 Å². The van der Waals surface area contributed by atoms with Crippen LogP contribution in [0.2, 0.25) is 5.02 Å². The highest BCUT2D eigenvalue weighted by Crippen LogP contribution is 2.24. The van der Waals surface area contributed by atoms with Crippen molar-refractivity contribution in [2.75, 3.05) is 26.2 Å². The second-order valence-electron chi connectivity index (χ2n) is 6.68. The van der Waals surface area contributed by atoms with Crippen LogP contribution in [0.4, 0.5) is 0 Å². The molecule has 1 atom stereocenters. The van der Waals surface area contributed by atoms with E-state index in [0.717, 1.165) is 43.1 Å². The van der Waals surface area contributed by atoms with Gasteiger partial charge in [-0.3, -0.25) is 9.69 Å². The van der Waals surface area contributed by atoms with Gasteiger partial charge in [-0.2, -0.15) is 0 Å². The molecule has 1 aliphatic heterocycles. The molecule has 1 saturated heterocycles. The van der Waals surface area contributed by atoms with E-state index >= 15 is 0 Å². The largest absolute Gasteiger partial charge is 0.338 e. The molecule has 1 aromatic heterocycles. The second-order valence-corrected chi connectivity index (χ2v) is 7.09. The minimum Gasteiger partial charge on any atom is -0.338 e. The Kier molecular flexibility index (Phi) is 6.27. The van der Waals surface area contributed by atoms with Gasteiger partial charge in [0.15, 0.2) is 5.69 Å². The van der Waals surface area contributed by atoms with Crippen LogP contribution >= 0.6 is 11.6 Å². The van der Waals surface area contributed by atoms with E-state index in [1.807, 2.05) is 36.7 Å². The number of rotatable bonds is 6. The van der Waals surface area contributed by atoms with Crippen molar-refractivity contribution in [2.24, 2.45) is 0 Å². The minimum absolute atomic E-state index is 0.0509. The highest BCUT2D eigenvalue weighted by Gasteiger charge is 2.24. The monoisotopic (exact) mass is 375 g/mol. The van der Waals surface area contributed by atoms with Crippen LogP contribution in [0.5, 0.6) is 0 Å². The highest BCUT2D eigenvalue weighted by atomic mass is 35.5. The Labute approximate surface area is 159 Å². The average Bonchev–Trinajstić information content (AvgIpc) is 3.15. The van der Waals surface area contributed by atoms with Crippen LogP contribution in [0.15, 0.2) is 30.5 Å². The van der Waals surface area contributed by atoms with Crippen molar-refractivity contribution in [3.8, 4) is 0 Å². The fraction of sp³-hybridized carbons (Fsp3) is 0.526. The van der Waals surface area contributed by atoms with E-state index in [1.165, 1.54) is 0 Å². The summed E-state index contributed by atoms with van der Waals surface area (Å²) in [7, 11) is 0. The third-order valence-electron chi connectivity index (χ3n) is 4.99. The number of likely N-dealkylation sites (tertiary alicyclic amines) is 1. The summed E-state index contributed by atoms with van der Waals surface area (Å²) in [6.07, 6.45) is 3.93. The molecule has 3 rings (SSSR count). The van der Waals surface area contributed by atoms with E-state index in [9.17, 15) is 4.79 Å². The molecule has 1 aromatic carbocycles. The molecule has 1 fully saturated rings. The summed E-state index contributed by atoms with van der Waals surface area (Å²) < 4.78 is 1.86. The van der Waals surface area contributed by atoms with Crippen LogP contribution in [0, 0.1) is 0 Å². The average molecular weight is 376 g/mol. The molecule has 140 valence electrons. The Bertz CT molecular complexity index is 743. The van der Waals surface area contributed by atoms with Gasteiger partial charge in [-0.25, -0.2) is 4.68 Å². The maximum absolute atomic E-state index is 12.4. The summed E-state index contributed by atoms with van der Waals surface area (Å²) in [5, 5.41) is 9.16. The zero-order valence-corrected chi connectivity index (χ0v) is 16.2. The standard InChI is InChI=1S/C19H26ClN5O/c1-3-24(4-2)19(26)18-14-25(22-21-18)16-9-7-11-23(13-16)12-15-8-5-6-10-17(15)20/h5-6,8,10,14,16H,3-4,7,9,11-13H2,1-2H3/t16-/m1/s1. The molecule has 0 saturated carbocycles. The summed E-state index contributed by atoms with van der Waals surface area (Å²) in [4.78, 5) is 16.6. The third-order valence-corrected chi connectivity index (χ3v) is 5.36. The van der Waals surface area contributed by atoms with Crippen LogP contribution < -0.4 is 0 Å². The molecule has 0 radical (unpaired) electrons. The van der Waals surface area contributed by atoms with E-state index in [4.69, 9.17) is 11.6 Å². The summed E-state index contributed by atoms with van der Waals surface area (Å²) in [6.45, 7) is 8.05. The van der Waals surface area contributed by atoms with Gasteiger partial charge in [-0.05, 0) is 44.9 Å². The van der Waals surface area contributed by atoms with Crippen molar-refractivity contribution < 1.29 is 4.79 Å². The molecule has 6 nitrogen and oxygen atoms in total. The predicted molar refractivity (Wildman–Crippen MR) is 102 cm³/mol. The molecule has 1 aliphatic rings. The molecule has 7 heteroatoms. The van der Waals surface area contributed by atoms with E-state index in [2.05, 4.69) is 21.3 Å². The fourth-order valence-corrected chi connectivity index (χ4v) is 3.68. The molecule has 26 heavy (non-hydrogen) atoms. The first-order chi connectivity index (χ1) is 12.6. The van der Waals surface area contributed by atoms with Crippen LogP contribution in [0.3, 0.4) is 0 Å². The number of halogens is 1. The lowest BCUT2D eigenvalue weighted by atomic mass is 10.0. The number of carbonyl (C=O) groups excluding carboxylic acids is 1. The first-order valence-corrected chi connectivity index (χ1v) is 9.67. The van der Waals surface area contributed by atoms with Gasteiger partial charge >= 0.3 is 0 Å². The number of aromatic nitrogens is 3. The lowest BCUT2D eigenvalue weighted by Gasteiger charge is -2.32. The van der Waals surface area contributed by atoms with Gasteiger partial charge in [0.05, 0.1) is 12.2 Å². The van der Waals surface area contributed by atoms with Gasteiger partial charge in [0, 0.05) is 31.2 Å². The maximum atomic E-state index is 12.4. The van der Waals surface area contributed by atoms with Crippen molar-refractivity contribution in [3.63, 3.8) is 0 Å². The predicted octanol–water partition coefficient (Wildman–Crippen LogP) is 3.25. The normalized spacial score (nSPS) is 18.0. The molecule has 0 N–H and O–H groups in total. The lowest BCUT2D eigenvalue weighted by molar-refractivity contribution is 0.0767. The molecule has 0 bridgehead atoms. The van der Waals surface area contributed by atoms with Crippen molar-refractivity contribution >= 4 is 17.5 Å². The van der Waals surface area contributed by atoms with E-state index < -0.39 is 0 Å². The first kappa shape index (κ1) is 18.9. The Hall–Kier alpha value is -1.92. The molecule has 2 heterocycles. The van der Waals surface area contributed by atoms with Gasteiger partial charge in [0.25, 0.3) is 5.91 Å². The first-order valence-electron chi connectivity index (χ1n) is 9.29. The number of carbonyl (C=O) groups is 1. The number of benzene rings is 1.